The molecule has 0 aromatic carbocycles. The van der Waals surface area contributed by atoms with Gasteiger partial charge >= 0.3 is 0 Å². The van der Waals surface area contributed by atoms with E-state index < -0.39 is 10.0 Å². The highest BCUT2D eigenvalue weighted by Gasteiger charge is 2.32. The van der Waals surface area contributed by atoms with Crippen LogP contribution in [0.2, 0.25) is 0 Å². The monoisotopic (exact) mass is 551 g/mol. The molecule has 5 N–H and O–H groups in total. The number of nitrogens with zero attached hydrogens (tertiary/aromatic N) is 3. The van der Waals surface area contributed by atoms with E-state index in [0.29, 0.717) is 43.0 Å². The van der Waals surface area contributed by atoms with Crippen LogP contribution < -0.4 is 21.3 Å². The van der Waals surface area contributed by atoms with Crippen LogP contribution in [0.15, 0.2) is 21.7 Å². The molecule has 3 aromatic rings. The van der Waals surface area contributed by atoms with Gasteiger partial charge in [0, 0.05) is 28.2 Å². The summed E-state index contributed by atoms with van der Waals surface area (Å²) in [6, 6.07) is 4.15. The molecule has 1 aliphatic heterocycles. The van der Waals surface area contributed by atoms with Crippen molar-refractivity contribution in [2.75, 3.05) is 41.0 Å². The van der Waals surface area contributed by atoms with Crippen molar-refractivity contribution >= 4 is 61.7 Å². The van der Waals surface area contributed by atoms with Crippen molar-refractivity contribution in [1.82, 2.24) is 14.3 Å². The minimum Gasteiger partial charge on any atom is -0.504 e. The molecule has 0 fully saturated rings. The molecule has 0 aliphatic carbocycles. The van der Waals surface area contributed by atoms with Crippen LogP contribution in [0, 0.1) is 12.3 Å². The fourth-order valence-corrected chi connectivity index (χ4v) is 7.96. The van der Waals surface area contributed by atoms with Gasteiger partial charge < -0.3 is 26.4 Å². The van der Waals surface area contributed by atoms with Gasteiger partial charge in [-0.25, -0.2) is 18.4 Å². The van der Waals surface area contributed by atoms with E-state index in [-0.39, 0.29) is 27.1 Å². The standard InChI is InChI=1S/C23H33N7O3S3/c1-7-30(8-2)36(32,33)22-16(31)14(11-34-22)26-20-21(29-19-18(28-20)24-12-25-19)27-17(23(4,5)6)15-10-9-13(3)35-15/h9-11,17,31H,7-8,12H2,1-6H3,(H2,24,26,28)(H2,25,27,29)/t17-/m0/s1. The molecule has 0 spiro atoms. The van der Waals surface area contributed by atoms with Crippen LogP contribution in [0.25, 0.3) is 0 Å². The molecular weight excluding hydrogens is 519 g/mol. The Balaban J connectivity index is 1.73. The van der Waals surface area contributed by atoms with E-state index >= 15 is 0 Å². The maximum Gasteiger partial charge on any atom is 0.256 e. The number of aromatic hydroxyl groups is 1. The molecule has 0 bridgehead atoms. The first-order valence-electron chi connectivity index (χ1n) is 11.8. The highest BCUT2D eigenvalue weighted by Crippen LogP contribution is 2.44. The van der Waals surface area contributed by atoms with Crippen molar-refractivity contribution in [3.63, 3.8) is 0 Å². The Kier molecular flexibility index (Phi) is 7.37. The van der Waals surface area contributed by atoms with Crippen LogP contribution in [0.5, 0.6) is 5.75 Å². The number of nitrogens with one attached hydrogen (secondary N) is 4. The minimum atomic E-state index is -3.81. The number of thiophene rings is 2. The number of sulfonamides is 1. The second-order valence-electron chi connectivity index (χ2n) is 9.54. The van der Waals surface area contributed by atoms with Crippen molar-refractivity contribution in [3.05, 3.63) is 27.3 Å². The van der Waals surface area contributed by atoms with Gasteiger partial charge in [0.2, 0.25) is 0 Å². The molecule has 196 valence electrons. The highest BCUT2D eigenvalue weighted by molar-refractivity contribution is 7.91. The second kappa shape index (κ2) is 10.0. The lowest BCUT2D eigenvalue weighted by Gasteiger charge is -2.31. The number of hydrogen-bond donors (Lipinski definition) is 5. The molecule has 0 saturated heterocycles. The zero-order chi connectivity index (χ0) is 26.3. The third-order valence-electron chi connectivity index (χ3n) is 5.87. The van der Waals surface area contributed by atoms with Crippen LogP contribution in [-0.4, -0.2) is 47.6 Å². The number of anilines is 5. The van der Waals surface area contributed by atoms with Crippen LogP contribution in [0.4, 0.5) is 29.0 Å². The molecule has 10 nitrogen and oxygen atoms in total. The summed E-state index contributed by atoms with van der Waals surface area (Å²) in [4.78, 5) is 11.8. The van der Waals surface area contributed by atoms with Crippen molar-refractivity contribution in [2.45, 2.75) is 51.8 Å². The summed E-state index contributed by atoms with van der Waals surface area (Å²) in [6.45, 7) is 13.2. The zero-order valence-electron chi connectivity index (χ0n) is 21.3. The van der Waals surface area contributed by atoms with Crippen LogP contribution >= 0.6 is 22.7 Å². The third kappa shape index (κ3) is 5.10. The summed E-state index contributed by atoms with van der Waals surface area (Å²) in [6.07, 6.45) is 0. The van der Waals surface area contributed by atoms with Gasteiger partial charge in [0.1, 0.15) is 0 Å². The lowest BCUT2D eigenvalue weighted by atomic mass is 9.86. The van der Waals surface area contributed by atoms with Gasteiger partial charge in [0.05, 0.1) is 18.4 Å². The fraction of sp³-hybridized carbons (Fsp3) is 0.478. The number of hydrogen-bond acceptors (Lipinski definition) is 11. The molecule has 1 atom stereocenters. The topological polar surface area (TPSA) is 132 Å². The van der Waals surface area contributed by atoms with Crippen LogP contribution in [-0.2, 0) is 10.0 Å². The Labute approximate surface area is 220 Å². The van der Waals surface area contributed by atoms with E-state index in [1.165, 1.54) is 14.1 Å². The molecule has 4 heterocycles. The Morgan fingerprint density at radius 3 is 2.33 bits per heavy atom. The quantitative estimate of drug-likeness (QED) is 0.238. The van der Waals surface area contributed by atoms with Gasteiger partial charge in [-0.05, 0) is 24.5 Å². The average Bonchev–Trinajstić information content (AvgIpc) is 3.52. The zero-order valence-corrected chi connectivity index (χ0v) is 23.7. The minimum absolute atomic E-state index is 0.0619. The molecular formula is C23H33N7O3S3. The number of rotatable bonds is 9. The summed E-state index contributed by atoms with van der Waals surface area (Å²) in [5, 5.41) is 25.5. The number of aromatic nitrogens is 2. The van der Waals surface area contributed by atoms with Crippen LogP contribution in [0.3, 0.4) is 0 Å². The summed E-state index contributed by atoms with van der Waals surface area (Å²) in [5.41, 5.74) is 0.115. The third-order valence-corrected chi connectivity index (χ3v) is 10.5. The maximum atomic E-state index is 13.0. The summed E-state index contributed by atoms with van der Waals surface area (Å²) >= 11 is 2.70. The van der Waals surface area contributed by atoms with Crippen molar-refractivity contribution in [1.29, 1.82) is 0 Å². The van der Waals surface area contributed by atoms with E-state index in [2.05, 4.69) is 66.1 Å². The van der Waals surface area contributed by atoms with Crippen LogP contribution in [0.1, 0.15) is 50.4 Å². The van der Waals surface area contributed by atoms with Gasteiger partial charge in [0.15, 0.2) is 33.2 Å². The molecule has 0 unspecified atom stereocenters. The normalized spacial score (nSPS) is 14.3. The van der Waals surface area contributed by atoms with Gasteiger partial charge in [-0.1, -0.05) is 34.6 Å². The average molecular weight is 552 g/mol. The first kappa shape index (κ1) is 26.5. The van der Waals surface area contributed by atoms with E-state index in [0.717, 1.165) is 11.3 Å². The van der Waals surface area contributed by atoms with Gasteiger partial charge in [-0.15, -0.1) is 22.7 Å². The predicted octanol–water partition coefficient (Wildman–Crippen LogP) is 5.38. The lowest BCUT2D eigenvalue weighted by molar-refractivity contribution is 0.351. The van der Waals surface area contributed by atoms with Gasteiger partial charge in [-0.3, -0.25) is 0 Å². The highest BCUT2D eigenvalue weighted by atomic mass is 32.2. The fourth-order valence-electron chi connectivity index (χ4n) is 3.96. The van der Waals surface area contributed by atoms with E-state index in [4.69, 9.17) is 4.98 Å². The molecule has 13 heteroatoms. The first-order chi connectivity index (χ1) is 17.0. The Morgan fingerprint density at radius 1 is 1.14 bits per heavy atom. The Bertz CT molecular complexity index is 1340. The molecule has 4 rings (SSSR count). The van der Waals surface area contributed by atoms with E-state index in [1.807, 2.05) is 0 Å². The van der Waals surface area contributed by atoms with Crippen molar-refractivity contribution in [2.24, 2.45) is 5.41 Å². The van der Waals surface area contributed by atoms with Crippen molar-refractivity contribution in [3.8, 4) is 5.75 Å². The maximum absolute atomic E-state index is 13.0. The first-order valence-corrected chi connectivity index (χ1v) is 14.9. The number of aryl methyl sites for hydroxylation is 1. The Morgan fingerprint density at radius 2 is 1.78 bits per heavy atom. The smallest absolute Gasteiger partial charge is 0.256 e. The molecule has 0 radical (unpaired) electrons. The largest absolute Gasteiger partial charge is 0.504 e. The molecule has 3 aromatic heterocycles. The lowest BCUT2D eigenvalue weighted by Crippen LogP contribution is -2.30. The SMILES string of the molecule is CCN(CC)S(=O)(=O)c1scc(Nc2nc3c(nc2N[C@@H](c2ccc(C)s2)C(C)(C)C)NCN3)c1O. The van der Waals surface area contributed by atoms with Crippen molar-refractivity contribution < 1.29 is 13.5 Å². The Hall–Kier alpha value is -2.61. The summed E-state index contributed by atoms with van der Waals surface area (Å²) < 4.78 is 27.2. The molecule has 36 heavy (non-hydrogen) atoms. The molecule has 0 amide bonds. The van der Waals surface area contributed by atoms with Gasteiger partial charge in [0.25, 0.3) is 10.0 Å². The summed E-state index contributed by atoms with van der Waals surface area (Å²) in [5.74, 6) is 1.75. The van der Waals surface area contributed by atoms with E-state index in [9.17, 15) is 13.5 Å². The van der Waals surface area contributed by atoms with E-state index in [1.54, 1.807) is 30.6 Å². The predicted molar refractivity (Wildman–Crippen MR) is 148 cm³/mol. The number of fused-ring (bicyclic) bond motifs is 1. The molecule has 1 aliphatic rings. The molecule has 0 saturated carbocycles. The summed E-state index contributed by atoms with van der Waals surface area (Å²) in [7, 11) is -3.81. The van der Waals surface area contributed by atoms with Gasteiger partial charge in [-0.2, -0.15) is 4.31 Å². The second-order valence-corrected chi connectivity index (χ2v) is 13.9.